The second-order valence-electron chi connectivity index (χ2n) is 8.47. The van der Waals surface area contributed by atoms with E-state index >= 15 is 4.39 Å². The molecule has 0 spiro atoms. The van der Waals surface area contributed by atoms with Crippen molar-refractivity contribution < 1.29 is 23.0 Å². The first-order chi connectivity index (χ1) is 17.9. The van der Waals surface area contributed by atoms with Gasteiger partial charge in [0.1, 0.15) is 11.2 Å². The van der Waals surface area contributed by atoms with Crippen LogP contribution >= 0.6 is 0 Å². The van der Waals surface area contributed by atoms with Crippen molar-refractivity contribution in [3.05, 3.63) is 53.7 Å². The highest BCUT2D eigenvalue weighted by molar-refractivity contribution is 5.98. The highest BCUT2D eigenvalue weighted by atomic mass is 19.2. The van der Waals surface area contributed by atoms with E-state index in [9.17, 15) is 9.18 Å². The Labute approximate surface area is 210 Å². The average molecular weight is 511 g/mol. The van der Waals surface area contributed by atoms with Gasteiger partial charge >= 0.3 is 0 Å². The molecule has 0 saturated carbocycles. The number of nitrogens with zero attached hydrogens (tertiary/aromatic N) is 6. The number of nitrogens with one attached hydrogen (secondary N) is 1. The topological polar surface area (TPSA) is 133 Å². The summed E-state index contributed by atoms with van der Waals surface area (Å²) < 4.78 is 42.4. The molecule has 37 heavy (non-hydrogen) atoms. The number of benzene rings is 1. The van der Waals surface area contributed by atoms with E-state index < -0.39 is 17.5 Å². The molecule has 0 unspecified atom stereocenters. The van der Waals surface area contributed by atoms with Crippen LogP contribution in [0.5, 0.6) is 5.88 Å². The summed E-state index contributed by atoms with van der Waals surface area (Å²) in [5.41, 5.74) is 7.17. The molecule has 1 aromatic carbocycles. The van der Waals surface area contributed by atoms with Crippen LogP contribution in [0.4, 0.5) is 20.3 Å². The molecule has 0 bridgehead atoms. The summed E-state index contributed by atoms with van der Waals surface area (Å²) in [5.74, 6) is -3.22. The minimum absolute atomic E-state index is 0.0114. The maximum absolute atomic E-state index is 15.0. The standard InChI is InChI=1S/C24H24F2N8O3/c1-33-12-29-19-14(9-28-10-16(19)33)20-24(36-2)32-23(21(31-20)22(27)35)30-15-4-3-13(17(25)18(15)26)11-34-5-7-37-8-6-34/h3-4,9-10,12H,5-8,11H2,1-2H3,(H2,27,35)(H,30,32). The van der Waals surface area contributed by atoms with Gasteiger partial charge in [0.05, 0.1) is 49.6 Å². The number of hydrogen-bond donors (Lipinski definition) is 2. The molecule has 1 aliphatic heterocycles. The number of hydrogen-bond acceptors (Lipinski definition) is 9. The monoisotopic (exact) mass is 510 g/mol. The largest absolute Gasteiger partial charge is 0.479 e. The number of carbonyl (C=O) groups excluding carboxylic acids is 1. The molecule has 11 nitrogen and oxygen atoms in total. The summed E-state index contributed by atoms with van der Waals surface area (Å²) in [5, 5.41) is 2.65. The molecule has 192 valence electrons. The van der Waals surface area contributed by atoms with Crippen LogP contribution in [0.25, 0.3) is 22.3 Å². The number of ether oxygens (including phenoxy) is 2. The second kappa shape index (κ2) is 10.0. The lowest BCUT2D eigenvalue weighted by Crippen LogP contribution is -2.35. The van der Waals surface area contributed by atoms with Gasteiger partial charge in [-0.2, -0.15) is 4.98 Å². The summed E-state index contributed by atoms with van der Waals surface area (Å²) in [7, 11) is 3.18. The summed E-state index contributed by atoms with van der Waals surface area (Å²) in [6.45, 7) is 2.59. The normalized spacial score (nSPS) is 14.2. The van der Waals surface area contributed by atoms with Crippen LogP contribution in [0.1, 0.15) is 16.1 Å². The molecule has 3 N–H and O–H groups in total. The van der Waals surface area contributed by atoms with Crippen molar-refractivity contribution in [1.29, 1.82) is 0 Å². The van der Waals surface area contributed by atoms with E-state index in [4.69, 9.17) is 15.2 Å². The van der Waals surface area contributed by atoms with Crippen LogP contribution in [0, 0.1) is 11.6 Å². The third kappa shape index (κ3) is 4.66. The molecule has 4 heterocycles. The molecule has 4 aromatic rings. The Balaban J connectivity index is 1.52. The lowest BCUT2D eigenvalue weighted by atomic mass is 10.1. The number of amides is 1. The van der Waals surface area contributed by atoms with Gasteiger partial charge in [-0.1, -0.05) is 6.07 Å². The summed E-state index contributed by atoms with van der Waals surface area (Å²) in [6, 6.07) is 2.85. The maximum Gasteiger partial charge on any atom is 0.271 e. The van der Waals surface area contributed by atoms with E-state index in [1.54, 1.807) is 17.1 Å². The molecular weight excluding hydrogens is 486 g/mol. The lowest BCUT2D eigenvalue weighted by molar-refractivity contribution is 0.0336. The average Bonchev–Trinajstić information content (AvgIpc) is 3.29. The summed E-state index contributed by atoms with van der Waals surface area (Å²) in [4.78, 5) is 31.6. The van der Waals surface area contributed by atoms with Crippen molar-refractivity contribution in [2.24, 2.45) is 12.8 Å². The van der Waals surface area contributed by atoms with Gasteiger partial charge in [-0.3, -0.25) is 14.7 Å². The van der Waals surface area contributed by atoms with E-state index in [0.717, 1.165) is 5.52 Å². The molecule has 3 aromatic heterocycles. The van der Waals surface area contributed by atoms with Crippen LogP contribution in [0.3, 0.4) is 0 Å². The molecular formula is C24H24F2N8O3. The number of imidazole rings is 1. The fraction of sp³-hybridized carbons (Fsp3) is 0.292. The zero-order valence-corrected chi connectivity index (χ0v) is 20.2. The molecule has 0 radical (unpaired) electrons. The summed E-state index contributed by atoms with van der Waals surface area (Å²) >= 11 is 0. The van der Waals surface area contributed by atoms with E-state index in [0.29, 0.717) is 37.4 Å². The predicted molar refractivity (Wildman–Crippen MR) is 130 cm³/mol. The predicted octanol–water partition coefficient (Wildman–Crippen LogP) is 2.39. The van der Waals surface area contributed by atoms with Gasteiger partial charge in [0.15, 0.2) is 23.1 Å². The van der Waals surface area contributed by atoms with Crippen molar-refractivity contribution in [2.75, 3.05) is 38.7 Å². The Morgan fingerprint density at radius 1 is 1.19 bits per heavy atom. The number of fused-ring (bicyclic) bond motifs is 1. The van der Waals surface area contributed by atoms with Gasteiger partial charge in [0.2, 0.25) is 5.88 Å². The third-order valence-corrected chi connectivity index (χ3v) is 6.10. The number of rotatable bonds is 7. The van der Waals surface area contributed by atoms with Crippen molar-refractivity contribution in [3.8, 4) is 17.1 Å². The van der Waals surface area contributed by atoms with Gasteiger partial charge in [-0.05, 0) is 6.07 Å². The molecule has 0 atom stereocenters. The first kappa shape index (κ1) is 24.5. The number of nitrogens with two attached hydrogens (primary N) is 1. The fourth-order valence-corrected chi connectivity index (χ4v) is 4.15. The smallest absolute Gasteiger partial charge is 0.271 e. The molecule has 1 amide bonds. The maximum atomic E-state index is 15.0. The number of carbonyl (C=O) groups is 1. The van der Waals surface area contributed by atoms with Crippen LogP contribution in [-0.4, -0.2) is 68.7 Å². The minimum atomic E-state index is -1.12. The number of primary amides is 1. The van der Waals surface area contributed by atoms with E-state index in [1.165, 1.54) is 25.4 Å². The minimum Gasteiger partial charge on any atom is -0.479 e. The lowest BCUT2D eigenvalue weighted by Gasteiger charge is -2.26. The van der Waals surface area contributed by atoms with Gasteiger partial charge in [0, 0.05) is 38.4 Å². The third-order valence-electron chi connectivity index (χ3n) is 6.10. The molecule has 0 aliphatic carbocycles. The van der Waals surface area contributed by atoms with Crippen LogP contribution in [0.15, 0.2) is 30.9 Å². The molecule has 1 fully saturated rings. The number of methoxy groups -OCH3 is 1. The van der Waals surface area contributed by atoms with Gasteiger partial charge in [-0.25, -0.2) is 18.7 Å². The second-order valence-corrected chi connectivity index (χ2v) is 8.47. The van der Waals surface area contributed by atoms with Gasteiger partial charge in [0.25, 0.3) is 5.91 Å². The Bertz CT molecular complexity index is 1490. The SMILES string of the molecule is COc1nc(Nc2ccc(CN3CCOCC3)c(F)c2F)c(C(N)=O)nc1-c1cncc2c1ncn2C. The number of aryl methyl sites for hydroxylation is 1. The zero-order chi connectivity index (χ0) is 26.1. The zero-order valence-electron chi connectivity index (χ0n) is 20.2. The van der Waals surface area contributed by atoms with E-state index in [2.05, 4.69) is 25.3 Å². The Morgan fingerprint density at radius 3 is 2.70 bits per heavy atom. The molecule has 1 aliphatic rings. The van der Waals surface area contributed by atoms with Crippen LogP contribution in [-0.2, 0) is 18.3 Å². The van der Waals surface area contributed by atoms with Crippen molar-refractivity contribution in [3.63, 3.8) is 0 Å². The Kier molecular flexibility index (Phi) is 6.63. The van der Waals surface area contributed by atoms with Crippen molar-refractivity contribution in [2.45, 2.75) is 6.54 Å². The van der Waals surface area contributed by atoms with Crippen LogP contribution in [0.2, 0.25) is 0 Å². The molecule has 5 rings (SSSR count). The Hall–Kier alpha value is -4.23. The van der Waals surface area contributed by atoms with E-state index in [1.807, 2.05) is 11.9 Å². The number of morpholine rings is 1. The fourth-order valence-electron chi connectivity index (χ4n) is 4.15. The number of halogens is 2. The van der Waals surface area contributed by atoms with Crippen LogP contribution < -0.4 is 15.8 Å². The number of anilines is 2. The van der Waals surface area contributed by atoms with Crippen molar-refractivity contribution in [1.82, 2.24) is 29.4 Å². The summed E-state index contributed by atoms with van der Waals surface area (Å²) in [6.07, 6.45) is 4.76. The highest BCUT2D eigenvalue weighted by Gasteiger charge is 2.24. The van der Waals surface area contributed by atoms with Gasteiger partial charge in [-0.15, -0.1) is 0 Å². The molecule has 1 saturated heterocycles. The number of pyridine rings is 1. The van der Waals surface area contributed by atoms with Crippen molar-refractivity contribution >= 4 is 28.4 Å². The Morgan fingerprint density at radius 2 is 1.97 bits per heavy atom. The van der Waals surface area contributed by atoms with E-state index in [-0.39, 0.29) is 40.9 Å². The quantitative estimate of drug-likeness (QED) is 0.384. The first-order valence-electron chi connectivity index (χ1n) is 11.4. The molecule has 13 heteroatoms. The highest BCUT2D eigenvalue weighted by Crippen LogP contribution is 2.34. The first-order valence-corrected chi connectivity index (χ1v) is 11.4. The van der Waals surface area contributed by atoms with Gasteiger partial charge < -0.3 is 25.1 Å². The number of aromatic nitrogens is 5.